The van der Waals surface area contributed by atoms with Gasteiger partial charge in [0.2, 0.25) is 15.9 Å². The fraction of sp³-hybridized carbons (Fsp3) is 0.480. The molecule has 1 heterocycles. The Morgan fingerprint density at radius 3 is 2.43 bits per heavy atom. The van der Waals surface area contributed by atoms with Crippen molar-refractivity contribution in [2.24, 2.45) is 0 Å². The summed E-state index contributed by atoms with van der Waals surface area (Å²) in [6.07, 6.45) is 1.78. The highest BCUT2D eigenvalue weighted by Gasteiger charge is 2.39. The smallest absolute Gasteiger partial charge is 0.233 e. The second kappa shape index (κ2) is 11.4. The maximum atomic E-state index is 13.9. The van der Waals surface area contributed by atoms with E-state index in [0.29, 0.717) is 54.2 Å². The lowest BCUT2D eigenvalue weighted by Crippen LogP contribution is -2.54. The van der Waals surface area contributed by atoms with Gasteiger partial charge >= 0.3 is 0 Å². The topological polar surface area (TPSA) is 60.9 Å². The minimum absolute atomic E-state index is 0.0429. The minimum atomic E-state index is -3.24. The van der Waals surface area contributed by atoms with Gasteiger partial charge in [-0.15, -0.1) is 0 Å². The van der Waals surface area contributed by atoms with E-state index in [0.717, 1.165) is 11.1 Å². The molecule has 35 heavy (non-hydrogen) atoms. The van der Waals surface area contributed by atoms with Crippen LogP contribution in [0.1, 0.15) is 31.4 Å². The SMILES string of the molecule is CC1CN(CCC(C)(C(=O)N(C)Cc2cccc(Cl)c2)c2ccc(Cl)c(Cl)c2)CCN1S(C)(=O)=O. The Kier molecular flexibility index (Phi) is 9.16. The van der Waals surface area contributed by atoms with Crippen molar-refractivity contribution in [3.05, 3.63) is 68.7 Å². The van der Waals surface area contributed by atoms with Crippen LogP contribution < -0.4 is 0 Å². The average Bonchev–Trinajstić information content (AvgIpc) is 2.78. The van der Waals surface area contributed by atoms with Gasteiger partial charge in [0, 0.05) is 44.3 Å². The molecule has 0 spiro atoms. The number of nitrogens with zero attached hydrogens (tertiary/aromatic N) is 3. The lowest BCUT2D eigenvalue weighted by atomic mass is 9.77. The number of halogens is 3. The number of hydrogen-bond acceptors (Lipinski definition) is 4. The van der Waals surface area contributed by atoms with Crippen molar-refractivity contribution in [2.75, 3.05) is 39.5 Å². The summed E-state index contributed by atoms with van der Waals surface area (Å²) >= 11 is 18.6. The van der Waals surface area contributed by atoms with Gasteiger partial charge in [-0.25, -0.2) is 8.42 Å². The van der Waals surface area contributed by atoms with E-state index in [1.165, 1.54) is 10.6 Å². The van der Waals surface area contributed by atoms with E-state index in [1.807, 2.05) is 38.1 Å². The molecule has 1 fully saturated rings. The van der Waals surface area contributed by atoms with Crippen LogP contribution >= 0.6 is 34.8 Å². The number of hydrogen-bond donors (Lipinski definition) is 0. The van der Waals surface area contributed by atoms with Gasteiger partial charge in [-0.05, 0) is 62.2 Å². The molecular formula is C25H32Cl3N3O3S. The maximum absolute atomic E-state index is 13.9. The van der Waals surface area contributed by atoms with Crippen LogP contribution in [-0.2, 0) is 26.8 Å². The van der Waals surface area contributed by atoms with Gasteiger partial charge in [-0.3, -0.25) is 4.79 Å². The van der Waals surface area contributed by atoms with Crippen molar-refractivity contribution in [1.29, 1.82) is 0 Å². The Morgan fingerprint density at radius 1 is 1.11 bits per heavy atom. The van der Waals surface area contributed by atoms with E-state index in [9.17, 15) is 13.2 Å². The summed E-state index contributed by atoms with van der Waals surface area (Å²) in [4.78, 5) is 17.8. The van der Waals surface area contributed by atoms with Crippen LogP contribution in [0, 0.1) is 0 Å². The van der Waals surface area contributed by atoms with Crippen LogP contribution in [0.15, 0.2) is 42.5 Å². The van der Waals surface area contributed by atoms with Crippen molar-refractivity contribution in [3.63, 3.8) is 0 Å². The fourth-order valence-electron chi connectivity index (χ4n) is 4.71. The zero-order valence-electron chi connectivity index (χ0n) is 20.5. The molecule has 1 saturated heterocycles. The van der Waals surface area contributed by atoms with Crippen molar-refractivity contribution < 1.29 is 13.2 Å². The van der Waals surface area contributed by atoms with Gasteiger partial charge in [0.05, 0.1) is 21.7 Å². The molecule has 2 aromatic carbocycles. The first-order chi connectivity index (χ1) is 16.3. The minimum Gasteiger partial charge on any atom is -0.341 e. The molecule has 0 aliphatic carbocycles. The summed E-state index contributed by atoms with van der Waals surface area (Å²) in [7, 11) is -1.46. The third-order valence-corrected chi connectivity index (χ3v) is 9.06. The lowest BCUT2D eigenvalue weighted by molar-refractivity contribution is -0.136. The Morgan fingerprint density at radius 2 is 1.83 bits per heavy atom. The Bertz CT molecular complexity index is 1180. The summed E-state index contributed by atoms with van der Waals surface area (Å²) in [5, 5.41) is 1.46. The predicted molar refractivity (Wildman–Crippen MR) is 144 cm³/mol. The first kappa shape index (κ1) is 28.2. The molecule has 1 aliphatic heterocycles. The molecule has 3 rings (SSSR count). The van der Waals surface area contributed by atoms with Gasteiger partial charge < -0.3 is 9.80 Å². The third kappa shape index (κ3) is 6.90. The highest BCUT2D eigenvalue weighted by atomic mass is 35.5. The van der Waals surface area contributed by atoms with E-state index < -0.39 is 15.4 Å². The lowest BCUT2D eigenvalue weighted by Gasteiger charge is -2.40. The van der Waals surface area contributed by atoms with E-state index >= 15 is 0 Å². The standard InChI is InChI=1S/C25H32Cl3N3O3S/c1-18-16-30(12-13-31(18)35(4,33)34)11-10-25(2,20-8-9-22(27)23(28)15-20)24(32)29(3)17-19-6-5-7-21(26)14-19/h5-9,14-15,18H,10-13,16-17H2,1-4H3. The van der Waals surface area contributed by atoms with Crippen LogP contribution in [0.25, 0.3) is 0 Å². The average molecular weight is 561 g/mol. The Labute approximate surface area is 223 Å². The molecule has 2 atom stereocenters. The normalized spacial score (nSPS) is 19.3. The van der Waals surface area contributed by atoms with Crippen molar-refractivity contribution in [3.8, 4) is 0 Å². The number of rotatable bonds is 8. The number of benzene rings is 2. The highest BCUT2D eigenvalue weighted by Crippen LogP contribution is 2.35. The molecule has 1 aliphatic rings. The van der Waals surface area contributed by atoms with Crippen LogP contribution in [0.2, 0.25) is 15.1 Å². The number of likely N-dealkylation sites (N-methyl/N-ethyl adjacent to an activating group) is 1. The fourth-order valence-corrected chi connectivity index (χ4v) is 6.35. The molecule has 0 radical (unpaired) electrons. The monoisotopic (exact) mass is 559 g/mol. The number of carbonyl (C=O) groups is 1. The Hall–Kier alpha value is -1.35. The molecule has 192 valence electrons. The van der Waals surface area contributed by atoms with Crippen LogP contribution in [0.4, 0.5) is 0 Å². The zero-order valence-corrected chi connectivity index (χ0v) is 23.6. The van der Waals surface area contributed by atoms with Gasteiger partial charge in [0.15, 0.2) is 0 Å². The summed E-state index contributed by atoms with van der Waals surface area (Å²) in [6.45, 7) is 6.55. The zero-order chi connectivity index (χ0) is 26.0. The van der Waals surface area contributed by atoms with Gasteiger partial charge in [-0.1, -0.05) is 53.0 Å². The molecule has 2 aromatic rings. The first-order valence-electron chi connectivity index (χ1n) is 11.5. The van der Waals surface area contributed by atoms with Gasteiger partial charge in [0.25, 0.3) is 0 Å². The summed E-state index contributed by atoms with van der Waals surface area (Å²) in [5.74, 6) is -0.0429. The van der Waals surface area contributed by atoms with E-state index in [1.54, 1.807) is 30.1 Å². The second-order valence-electron chi connectivity index (χ2n) is 9.53. The molecule has 6 nitrogen and oxygen atoms in total. The molecule has 0 bridgehead atoms. The molecule has 0 N–H and O–H groups in total. The number of amides is 1. The van der Waals surface area contributed by atoms with Crippen molar-refractivity contribution >= 4 is 50.7 Å². The van der Waals surface area contributed by atoms with E-state index in [2.05, 4.69) is 4.90 Å². The van der Waals surface area contributed by atoms with Crippen molar-refractivity contribution in [2.45, 2.75) is 38.3 Å². The molecule has 1 amide bonds. The molecular weight excluding hydrogens is 529 g/mol. The van der Waals surface area contributed by atoms with E-state index in [4.69, 9.17) is 34.8 Å². The van der Waals surface area contributed by atoms with Crippen LogP contribution in [-0.4, -0.2) is 74.0 Å². The summed E-state index contributed by atoms with van der Waals surface area (Å²) in [6, 6.07) is 12.7. The van der Waals surface area contributed by atoms with Gasteiger partial charge in [0.1, 0.15) is 0 Å². The maximum Gasteiger partial charge on any atom is 0.233 e. The summed E-state index contributed by atoms with van der Waals surface area (Å²) < 4.78 is 25.6. The van der Waals surface area contributed by atoms with Gasteiger partial charge in [-0.2, -0.15) is 4.31 Å². The predicted octanol–water partition coefficient (Wildman–Crippen LogP) is 4.92. The molecule has 2 unspecified atom stereocenters. The molecule has 10 heteroatoms. The number of sulfonamides is 1. The first-order valence-corrected chi connectivity index (χ1v) is 14.4. The number of piperazine rings is 1. The quantitative estimate of drug-likeness (QED) is 0.460. The third-order valence-electron chi connectivity index (χ3n) is 6.69. The van der Waals surface area contributed by atoms with Crippen LogP contribution in [0.5, 0.6) is 0 Å². The number of carbonyl (C=O) groups excluding carboxylic acids is 1. The highest BCUT2D eigenvalue weighted by molar-refractivity contribution is 7.88. The molecule has 0 saturated carbocycles. The van der Waals surface area contributed by atoms with Crippen molar-refractivity contribution in [1.82, 2.24) is 14.1 Å². The largest absolute Gasteiger partial charge is 0.341 e. The second-order valence-corrected chi connectivity index (χ2v) is 12.7. The van der Waals surface area contributed by atoms with E-state index in [-0.39, 0.29) is 11.9 Å². The summed E-state index contributed by atoms with van der Waals surface area (Å²) in [5.41, 5.74) is 0.867. The van der Waals surface area contributed by atoms with Crippen LogP contribution in [0.3, 0.4) is 0 Å². The Balaban J connectivity index is 1.82. The molecule has 0 aromatic heterocycles.